The Labute approximate surface area is 152 Å². The Morgan fingerprint density at radius 3 is 2.38 bits per heavy atom. The minimum absolute atomic E-state index is 0.197. The van der Waals surface area contributed by atoms with Gasteiger partial charge in [-0.2, -0.15) is 0 Å². The molecule has 2 fully saturated rings. The molecule has 1 N–H and O–H groups in total. The van der Waals surface area contributed by atoms with Gasteiger partial charge in [0.15, 0.2) is 6.29 Å². The van der Waals surface area contributed by atoms with Crippen LogP contribution in [0.3, 0.4) is 0 Å². The number of aromatic nitrogens is 1. The summed E-state index contributed by atoms with van der Waals surface area (Å²) in [5.41, 5.74) is 0.620. The van der Waals surface area contributed by atoms with E-state index in [0.29, 0.717) is 12.3 Å². The van der Waals surface area contributed by atoms with E-state index in [9.17, 15) is 14.4 Å². The molecule has 142 valence electrons. The number of rotatable bonds is 5. The number of ether oxygens (including phenoxy) is 2. The zero-order valence-corrected chi connectivity index (χ0v) is 15.1. The lowest BCUT2D eigenvalue weighted by Crippen LogP contribution is -2.44. The highest BCUT2D eigenvalue weighted by molar-refractivity contribution is 5.99. The summed E-state index contributed by atoms with van der Waals surface area (Å²) in [6.07, 6.45) is 3.89. The first-order chi connectivity index (χ1) is 12.5. The van der Waals surface area contributed by atoms with Crippen molar-refractivity contribution in [2.24, 2.45) is 5.92 Å². The molecule has 2 aliphatic rings. The minimum atomic E-state index is -0.621. The van der Waals surface area contributed by atoms with Crippen molar-refractivity contribution in [2.45, 2.75) is 38.0 Å². The molecule has 1 aromatic rings. The van der Waals surface area contributed by atoms with E-state index in [1.165, 1.54) is 4.57 Å². The van der Waals surface area contributed by atoms with E-state index in [0.717, 1.165) is 31.6 Å². The average Bonchev–Trinajstić information content (AvgIpc) is 2.64. The molecule has 26 heavy (non-hydrogen) atoms. The molecular weight excluding hydrogens is 338 g/mol. The molecule has 0 saturated carbocycles. The van der Waals surface area contributed by atoms with E-state index in [2.05, 4.69) is 10.2 Å². The van der Waals surface area contributed by atoms with E-state index >= 15 is 0 Å². The number of piperidine rings is 2. The van der Waals surface area contributed by atoms with Gasteiger partial charge >= 0.3 is 0 Å². The first-order valence-corrected chi connectivity index (χ1v) is 8.90. The molecule has 3 heterocycles. The summed E-state index contributed by atoms with van der Waals surface area (Å²) in [5, 5.41) is 2.29. The Bertz CT molecular complexity index is 720. The van der Waals surface area contributed by atoms with Gasteiger partial charge in [0.2, 0.25) is 11.8 Å². The van der Waals surface area contributed by atoms with Crippen molar-refractivity contribution < 1.29 is 19.1 Å². The quantitative estimate of drug-likeness (QED) is 0.611. The molecule has 1 atom stereocenters. The molecule has 2 saturated heterocycles. The van der Waals surface area contributed by atoms with Gasteiger partial charge in [-0.05, 0) is 25.3 Å². The summed E-state index contributed by atoms with van der Waals surface area (Å²) in [6.45, 7) is 1.63. The molecule has 0 bridgehead atoms. The molecule has 1 unspecified atom stereocenters. The second-order valence-corrected chi connectivity index (χ2v) is 6.76. The van der Waals surface area contributed by atoms with Crippen molar-refractivity contribution in [3.8, 4) is 0 Å². The number of nitrogens with one attached hydrogen (secondary N) is 1. The van der Waals surface area contributed by atoms with Gasteiger partial charge in [0, 0.05) is 57.6 Å². The molecule has 8 heteroatoms. The van der Waals surface area contributed by atoms with E-state index in [1.807, 2.05) is 6.07 Å². The number of nitrogens with zero attached hydrogens (tertiary/aromatic N) is 2. The third-order valence-electron chi connectivity index (χ3n) is 5.23. The van der Waals surface area contributed by atoms with Crippen LogP contribution in [0.15, 0.2) is 23.1 Å². The Balaban J connectivity index is 1.68. The number of imide groups is 1. The number of pyridine rings is 1. The average molecular weight is 363 g/mol. The fourth-order valence-electron chi connectivity index (χ4n) is 3.79. The fourth-order valence-corrected chi connectivity index (χ4v) is 3.79. The fraction of sp³-hybridized carbons (Fsp3) is 0.611. The minimum Gasteiger partial charge on any atom is -0.371 e. The van der Waals surface area contributed by atoms with Crippen molar-refractivity contribution in [3.05, 3.63) is 28.7 Å². The Morgan fingerprint density at radius 1 is 1.12 bits per heavy atom. The van der Waals surface area contributed by atoms with Gasteiger partial charge in [0.05, 0.1) is 0 Å². The molecule has 0 aromatic carbocycles. The lowest BCUT2D eigenvalue weighted by molar-refractivity contribution is -0.141. The van der Waals surface area contributed by atoms with Crippen LogP contribution in [0, 0.1) is 5.92 Å². The zero-order chi connectivity index (χ0) is 18.7. The summed E-state index contributed by atoms with van der Waals surface area (Å²) >= 11 is 0. The molecule has 1 aromatic heterocycles. The molecule has 2 aliphatic heterocycles. The van der Waals surface area contributed by atoms with E-state index in [4.69, 9.17) is 9.47 Å². The van der Waals surface area contributed by atoms with E-state index < -0.39 is 11.9 Å². The standard InChI is InChI=1S/C18H25N3O5/c1-25-18(26-2)12-5-8-20(9-6-12)13-7-10-21(16(23)11-13)14-3-4-15(22)19-17(14)24/h7,10-12,14,18H,3-6,8-9H2,1-2H3,(H,19,22,24). The van der Waals surface area contributed by atoms with Gasteiger partial charge in [-0.3, -0.25) is 19.7 Å². The largest absolute Gasteiger partial charge is 0.371 e. The first-order valence-electron chi connectivity index (χ1n) is 8.90. The predicted octanol–water partition coefficient (Wildman–Crippen LogP) is 0.661. The number of carbonyl (C=O) groups excluding carboxylic acids is 2. The highest BCUT2D eigenvalue weighted by Crippen LogP contribution is 2.26. The van der Waals surface area contributed by atoms with Gasteiger partial charge in [0.1, 0.15) is 6.04 Å². The van der Waals surface area contributed by atoms with Crippen molar-refractivity contribution in [1.29, 1.82) is 0 Å². The van der Waals surface area contributed by atoms with Crippen LogP contribution in [0.5, 0.6) is 0 Å². The number of anilines is 1. The molecular formula is C18H25N3O5. The van der Waals surface area contributed by atoms with Crippen LogP contribution < -0.4 is 15.8 Å². The molecule has 0 radical (unpaired) electrons. The van der Waals surface area contributed by atoms with Crippen molar-refractivity contribution in [2.75, 3.05) is 32.2 Å². The van der Waals surface area contributed by atoms with Crippen LogP contribution in [-0.2, 0) is 19.1 Å². The maximum atomic E-state index is 12.5. The van der Waals surface area contributed by atoms with Gasteiger partial charge in [-0.25, -0.2) is 0 Å². The van der Waals surface area contributed by atoms with Crippen LogP contribution >= 0.6 is 0 Å². The highest BCUT2D eigenvalue weighted by atomic mass is 16.7. The number of amides is 2. The summed E-state index contributed by atoms with van der Waals surface area (Å²) in [7, 11) is 3.30. The second-order valence-electron chi connectivity index (χ2n) is 6.76. The predicted molar refractivity (Wildman–Crippen MR) is 94.9 cm³/mol. The maximum Gasteiger partial charge on any atom is 0.253 e. The summed E-state index contributed by atoms with van der Waals surface area (Å²) in [4.78, 5) is 37.9. The number of carbonyl (C=O) groups is 2. The van der Waals surface area contributed by atoms with Gasteiger partial charge in [0.25, 0.3) is 5.56 Å². The lowest BCUT2D eigenvalue weighted by atomic mass is 9.96. The van der Waals surface area contributed by atoms with Crippen LogP contribution in [0.25, 0.3) is 0 Å². The monoisotopic (exact) mass is 363 g/mol. The molecule has 3 rings (SSSR count). The maximum absolute atomic E-state index is 12.5. The van der Waals surface area contributed by atoms with Crippen LogP contribution in [-0.4, -0.2) is 50.0 Å². The van der Waals surface area contributed by atoms with E-state index in [-0.39, 0.29) is 24.2 Å². The number of methoxy groups -OCH3 is 2. The third kappa shape index (κ3) is 3.81. The Morgan fingerprint density at radius 2 is 1.81 bits per heavy atom. The third-order valence-corrected chi connectivity index (χ3v) is 5.23. The number of hydrogen-bond acceptors (Lipinski definition) is 6. The molecule has 2 amide bonds. The molecule has 0 spiro atoms. The molecule has 0 aliphatic carbocycles. The lowest BCUT2D eigenvalue weighted by Gasteiger charge is -2.36. The van der Waals surface area contributed by atoms with E-state index in [1.54, 1.807) is 26.5 Å². The zero-order valence-electron chi connectivity index (χ0n) is 15.1. The Hall–Kier alpha value is -2.19. The molecule has 8 nitrogen and oxygen atoms in total. The normalized spacial score (nSPS) is 22.0. The summed E-state index contributed by atoms with van der Waals surface area (Å²) < 4.78 is 12.1. The van der Waals surface area contributed by atoms with Crippen LogP contribution in [0.1, 0.15) is 31.7 Å². The number of hydrogen-bond donors (Lipinski definition) is 1. The van der Waals surface area contributed by atoms with Gasteiger partial charge in [-0.15, -0.1) is 0 Å². The summed E-state index contributed by atoms with van der Waals surface area (Å²) in [6, 6.07) is 2.80. The van der Waals surface area contributed by atoms with Crippen molar-refractivity contribution in [1.82, 2.24) is 9.88 Å². The highest BCUT2D eigenvalue weighted by Gasteiger charge is 2.29. The second kappa shape index (κ2) is 8.01. The van der Waals surface area contributed by atoms with Crippen LogP contribution in [0.2, 0.25) is 0 Å². The van der Waals surface area contributed by atoms with Crippen molar-refractivity contribution >= 4 is 17.5 Å². The van der Waals surface area contributed by atoms with Gasteiger partial charge < -0.3 is 18.9 Å². The Kier molecular flexibility index (Phi) is 5.73. The smallest absolute Gasteiger partial charge is 0.253 e. The van der Waals surface area contributed by atoms with Crippen LogP contribution in [0.4, 0.5) is 5.69 Å². The van der Waals surface area contributed by atoms with Crippen molar-refractivity contribution in [3.63, 3.8) is 0 Å². The SMILES string of the molecule is COC(OC)C1CCN(c2ccn(C3CCC(=O)NC3=O)c(=O)c2)CC1. The van der Waals surface area contributed by atoms with Gasteiger partial charge in [-0.1, -0.05) is 0 Å². The topological polar surface area (TPSA) is 89.9 Å². The first kappa shape index (κ1) is 18.6. The summed E-state index contributed by atoms with van der Waals surface area (Å²) in [5.74, 6) is -0.364.